The molecule has 1 fully saturated rings. The largest absolute Gasteiger partial charge is 0.394 e. The number of carbonyl (C=O) groups excluding carboxylic acids is 1. The SMILES string of the molecule is CC(C)n1cccc1C(=O)NC1(CO)CCCC1. The maximum atomic E-state index is 12.3. The van der Waals surface area contributed by atoms with Crippen molar-refractivity contribution in [3.8, 4) is 0 Å². The second kappa shape index (κ2) is 5.14. The summed E-state index contributed by atoms with van der Waals surface area (Å²) in [6, 6.07) is 3.97. The van der Waals surface area contributed by atoms with Gasteiger partial charge in [-0.25, -0.2) is 0 Å². The molecule has 0 atom stereocenters. The predicted molar refractivity (Wildman–Crippen MR) is 70.6 cm³/mol. The van der Waals surface area contributed by atoms with Crippen molar-refractivity contribution in [2.45, 2.75) is 51.1 Å². The van der Waals surface area contributed by atoms with Crippen molar-refractivity contribution in [1.29, 1.82) is 0 Å². The number of nitrogens with zero attached hydrogens (tertiary/aromatic N) is 1. The molecule has 18 heavy (non-hydrogen) atoms. The van der Waals surface area contributed by atoms with Crippen molar-refractivity contribution in [1.82, 2.24) is 9.88 Å². The molecule has 1 aromatic heterocycles. The predicted octanol–water partition coefficient (Wildman–Crippen LogP) is 2.10. The van der Waals surface area contributed by atoms with Gasteiger partial charge in [0.15, 0.2) is 0 Å². The number of hydrogen-bond acceptors (Lipinski definition) is 2. The van der Waals surface area contributed by atoms with Gasteiger partial charge < -0.3 is 15.0 Å². The molecule has 2 N–H and O–H groups in total. The number of aliphatic hydroxyl groups is 1. The van der Waals surface area contributed by atoms with Gasteiger partial charge in [0.25, 0.3) is 5.91 Å². The van der Waals surface area contributed by atoms with Crippen molar-refractivity contribution in [2.24, 2.45) is 0 Å². The highest BCUT2D eigenvalue weighted by Gasteiger charge is 2.35. The minimum Gasteiger partial charge on any atom is -0.394 e. The van der Waals surface area contributed by atoms with Gasteiger partial charge in [0.05, 0.1) is 12.1 Å². The molecule has 0 spiro atoms. The average molecular weight is 250 g/mol. The first-order valence-electron chi connectivity index (χ1n) is 6.68. The summed E-state index contributed by atoms with van der Waals surface area (Å²) in [7, 11) is 0. The fourth-order valence-corrected chi connectivity index (χ4v) is 2.72. The zero-order chi connectivity index (χ0) is 13.2. The van der Waals surface area contributed by atoms with Gasteiger partial charge in [0.2, 0.25) is 0 Å². The van der Waals surface area contributed by atoms with Crippen LogP contribution in [0, 0.1) is 0 Å². The average Bonchev–Trinajstić information content (AvgIpc) is 2.97. The number of aliphatic hydroxyl groups excluding tert-OH is 1. The Labute approximate surface area is 108 Å². The number of hydrogen-bond donors (Lipinski definition) is 2. The summed E-state index contributed by atoms with van der Waals surface area (Å²) in [4.78, 5) is 12.3. The highest BCUT2D eigenvalue weighted by Crippen LogP contribution is 2.29. The number of rotatable bonds is 4. The van der Waals surface area contributed by atoms with Crippen molar-refractivity contribution in [2.75, 3.05) is 6.61 Å². The lowest BCUT2D eigenvalue weighted by atomic mass is 9.99. The van der Waals surface area contributed by atoms with E-state index in [0.717, 1.165) is 25.7 Å². The number of carbonyl (C=O) groups is 1. The summed E-state index contributed by atoms with van der Waals surface area (Å²) in [6.45, 7) is 4.13. The Morgan fingerprint density at radius 1 is 1.50 bits per heavy atom. The Morgan fingerprint density at radius 2 is 2.17 bits per heavy atom. The van der Waals surface area contributed by atoms with Crippen LogP contribution < -0.4 is 5.32 Å². The normalized spacial score (nSPS) is 18.2. The molecule has 0 bridgehead atoms. The van der Waals surface area contributed by atoms with Crippen LogP contribution in [0.25, 0.3) is 0 Å². The third-order valence-corrected chi connectivity index (χ3v) is 3.81. The van der Waals surface area contributed by atoms with Gasteiger partial charge in [-0.15, -0.1) is 0 Å². The highest BCUT2D eigenvalue weighted by molar-refractivity contribution is 5.93. The van der Waals surface area contributed by atoms with Gasteiger partial charge in [0, 0.05) is 12.2 Å². The summed E-state index contributed by atoms with van der Waals surface area (Å²) >= 11 is 0. The highest BCUT2D eigenvalue weighted by atomic mass is 16.3. The van der Waals surface area contributed by atoms with E-state index in [4.69, 9.17) is 0 Å². The molecule has 1 heterocycles. The van der Waals surface area contributed by atoms with E-state index in [1.54, 1.807) is 0 Å². The Balaban J connectivity index is 2.14. The molecular weight excluding hydrogens is 228 g/mol. The molecule has 100 valence electrons. The van der Waals surface area contributed by atoms with E-state index in [-0.39, 0.29) is 18.6 Å². The number of amides is 1. The van der Waals surface area contributed by atoms with Crippen molar-refractivity contribution >= 4 is 5.91 Å². The molecule has 0 unspecified atom stereocenters. The lowest BCUT2D eigenvalue weighted by molar-refractivity contribution is 0.0827. The molecule has 4 nitrogen and oxygen atoms in total. The molecule has 4 heteroatoms. The summed E-state index contributed by atoms with van der Waals surface area (Å²) in [5.41, 5.74) is 0.271. The van der Waals surface area contributed by atoms with E-state index in [1.807, 2.05) is 36.7 Å². The Hall–Kier alpha value is -1.29. The fourth-order valence-electron chi connectivity index (χ4n) is 2.72. The third kappa shape index (κ3) is 2.43. The van der Waals surface area contributed by atoms with Crippen LogP contribution in [0.1, 0.15) is 56.1 Å². The van der Waals surface area contributed by atoms with Crippen molar-refractivity contribution in [3.63, 3.8) is 0 Å². The summed E-state index contributed by atoms with van der Waals surface area (Å²) < 4.78 is 1.95. The lowest BCUT2D eigenvalue weighted by Crippen LogP contribution is -2.49. The zero-order valence-electron chi connectivity index (χ0n) is 11.1. The van der Waals surface area contributed by atoms with Crippen LogP contribution in [0.2, 0.25) is 0 Å². The molecular formula is C14H22N2O2. The monoisotopic (exact) mass is 250 g/mol. The van der Waals surface area contributed by atoms with Crippen molar-refractivity contribution < 1.29 is 9.90 Å². The first kappa shape index (κ1) is 13.1. The molecule has 1 aromatic rings. The lowest BCUT2D eigenvalue weighted by Gasteiger charge is -2.28. The second-order valence-corrected chi connectivity index (χ2v) is 5.49. The minimum absolute atomic E-state index is 0.0289. The minimum atomic E-state index is -0.400. The fraction of sp³-hybridized carbons (Fsp3) is 0.643. The molecule has 2 rings (SSSR count). The molecule has 1 saturated carbocycles. The molecule has 0 radical (unpaired) electrons. The molecule has 1 aliphatic rings. The van der Waals surface area contributed by atoms with Gasteiger partial charge in [-0.2, -0.15) is 0 Å². The van der Waals surface area contributed by atoms with Gasteiger partial charge in [-0.3, -0.25) is 4.79 Å². The second-order valence-electron chi connectivity index (χ2n) is 5.49. The van der Waals surface area contributed by atoms with Gasteiger partial charge in [-0.1, -0.05) is 12.8 Å². The maximum absolute atomic E-state index is 12.3. The summed E-state index contributed by atoms with van der Waals surface area (Å²) in [6.07, 6.45) is 5.81. The molecule has 0 aliphatic heterocycles. The van der Waals surface area contributed by atoms with E-state index >= 15 is 0 Å². The Morgan fingerprint density at radius 3 is 2.72 bits per heavy atom. The Bertz CT molecular complexity index is 417. The van der Waals surface area contributed by atoms with Gasteiger partial charge >= 0.3 is 0 Å². The first-order chi connectivity index (χ1) is 8.58. The molecule has 0 saturated heterocycles. The molecule has 1 amide bonds. The van der Waals surface area contributed by atoms with E-state index in [1.165, 1.54) is 0 Å². The molecule has 1 aliphatic carbocycles. The van der Waals surface area contributed by atoms with Crippen molar-refractivity contribution in [3.05, 3.63) is 24.0 Å². The smallest absolute Gasteiger partial charge is 0.268 e. The summed E-state index contributed by atoms with van der Waals surface area (Å²) in [5.74, 6) is -0.0790. The van der Waals surface area contributed by atoms with E-state index in [2.05, 4.69) is 5.32 Å². The van der Waals surface area contributed by atoms with Gasteiger partial charge in [0.1, 0.15) is 5.69 Å². The topological polar surface area (TPSA) is 54.3 Å². The van der Waals surface area contributed by atoms with Crippen LogP contribution in [0.15, 0.2) is 18.3 Å². The number of nitrogens with one attached hydrogen (secondary N) is 1. The van der Waals surface area contributed by atoms with E-state index in [9.17, 15) is 9.90 Å². The number of aromatic nitrogens is 1. The maximum Gasteiger partial charge on any atom is 0.268 e. The van der Waals surface area contributed by atoms with E-state index in [0.29, 0.717) is 5.69 Å². The van der Waals surface area contributed by atoms with Crippen LogP contribution in [0.4, 0.5) is 0 Å². The van der Waals surface area contributed by atoms with Crippen LogP contribution in [-0.2, 0) is 0 Å². The molecule has 0 aromatic carbocycles. The van der Waals surface area contributed by atoms with E-state index < -0.39 is 5.54 Å². The standard InChI is InChI=1S/C14H22N2O2/c1-11(2)16-9-5-6-12(16)13(18)15-14(10-17)7-3-4-8-14/h5-6,9,11,17H,3-4,7-8,10H2,1-2H3,(H,15,18). The Kier molecular flexibility index (Phi) is 3.76. The van der Waals surface area contributed by atoms with Crippen LogP contribution in [-0.4, -0.2) is 27.7 Å². The summed E-state index contributed by atoms with van der Waals surface area (Å²) in [5, 5.41) is 12.5. The van der Waals surface area contributed by atoms with Crippen LogP contribution in [0.3, 0.4) is 0 Å². The van der Waals surface area contributed by atoms with Crippen LogP contribution >= 0.6 is 0 Å². The quantitative estimate of drug-likeness (QED) is 0.860. The zero-order valence-corrected chi connectivity index (χ0v) is 11.1. The third-order valence-electron chi connectivity index (χ3n) is 3.81. The van der Waals surface area contributed by atoms with Crippen LogP contribution in [0.5, 0.6) is 0 Å². The van der Waals surface area contributed by atoms with Gasteiger partial charge in [-0.05, 0) is 38.8 Å². The first-order valence-corrected chi connectivity index (χ1v) is 6.68.